The molecule has 0 spiro atoms. The minimum Gasteiger partial charge on any atom is -0.311 e. The summed E-state index contributed by atoms with van der Waals surface area (Å²) >= 11 is 0. The molecule has 0 aliphatic carbocycles. The summed E-state index contributed by atoms with van der Waals surface area (Å²) < 4.78 is 14.1. The van der Waals surface area contributed by atoms with Gasteiger partial charge < -0.3 is 4.98 Å². The number of hydrogen-bond donors (Lipinski definition) is 1. The van der Waals surface area contributed by atoms with Gasteiger partial charge in [-0.05, 0) is 18.9 Å². The maximum Gasteiger partial charge on any atom is 0.328 e. The first-order valence-electron chi connectivity index (χ1n) is 5.63. The van der Waals surface area contributed by atoms with E-state index in [9.17, 15) is 14.0 Å². The Hall–Kier alpha value is -2.17. The molecule has 1 unspecified atom stereocenters. The second-order valence-corrected chi connectivity index (χ2v) is 4.16. The Balaban J connectivity index is 2.36. The lowest BCUT2D eigenvalue weighted by Crippen LogP contribution is -2.39. The molecule has 0 aliphatic heterocycles. The van der Waals surface area contributed by atoms with Crippen LogP contribution < -0.4 is 11.2 Å². The number of benzene rings is 1. The van der Waals surface area contributed by atoms with Gasteiger partial charge in [-0.3, -0.25) is 9.36 Å². The first-order chi connectivity index (χ1) is 8.59. The van der Waals surface area contributed by atoms with Crippen molar-refractivity contribution in [1.82, 2.24) is 9.55 Å². The van der Waals surface area contributed by atoms with Gasteiger partial charge in [0.15, 0.2) is 0 Å². The van der Waals surface area contributed by atoms with Crippen LogP contribution in [-0.4, -0.2) is 9.55 Å². The van der Waals surface area contributed by atoms with Crippen molar-refractivity contribution >= 4 is 0 Å². The highest BCUT2D eigenvalue weighted by atomic mass is 19.1. The lowest BCUT2D eigenvalue weighted by atomic mass is 10.1. The van der Waals surface area contributed by atoms with Crippen molar-refractivity contribution in [1.29, 1.82) is 0 Å². The van der Waals surface area contributed by atoms with E-state index < -0.39 is 23.1 Å². The average molecular weight is 248 g/mol. The van der Waals surface area contributed by atoms with Crippen LogP contribution in [0.2, 0.25) is 0 Å². The van der Waals surface area contributed by atoms with Crippen molar-refractivity contribution < 1.29 is 4.39 Å². The molecule has 0 aliphatic rings. The van der Waals surface area contributed by atoms with E-state index in [0.29, 0.717) is 6.42 Å². The maximum atomic E-state index is 13.2. The average Bonchev–Trinajstić information content (AvgIpc) is 2.36. The topological polar surface area (TPSA) is 54.9 Å². The van der Waals surface area contributed by atoms with E-state index in [1.807, 2.05) is 30.3 Å². The number of halogens is 1. The van der Waals surface area contributed by atoms with E-state index >= 15 is 0 Å². The summed E-state index contributed by atoms with van der Waals surface area (Å²) in [6.45, 7) is 1.71. The second kappa shape index (κ2) is 5.00. The van der Waals surface area contributed by atoms with Crippen LogP contribution in [0.25, 0.3) is 0 Å². The number of nitrogens with zero attached hydrogens (tertiary/aromatic N) is 1. The number of rotatable bonds is 3. The molecule has 0 amide bonds. The standard InChI is InChI=1S/C13H13FN2O2/c1-9(7-10-5-3-2-4-6-10)16-12(17)11(14)8-15-13(16)18/h2-6,8-9H,7H2,1H3,(H,15,18). The fraction of sp³-hybridized carbons (Fsp3) is 0.231. The molecule has 0 saturated heterocycles. The highest BCUT2D eigenvalue weighted by molar-refractivity contribution is 5.15. The van der Waals surface area contributed by atoms with E-state index in [1.165, 1.54) is 0 Å². The lowest BCUT2D eigenvalue weighted by Gasteiger charge is -2.13. The van der Waals surface area contributed by atoms with E-state index in [2.05, 4.69) is 4.98 Å². The highest BCUT2D eigenvalue weighted by Crippen LogP contribution is 2.10. The molecule has 0 bridgehead atoms. The number of nitrogens with one attached hydrogen (secondary N) is 1. The van der Waals surface area contributed by atoms with E-state index in [1.54, 1.807) is 6.92 Å². The largest absolute Gasteiger partial charge is 0.328 e. The molecule has 2 aromatic rings. The maximum absolute atomic E-state index is 13.2. The van der Waals surface area contributed by atoms with Gasteiger partial charge in [0.05, 0.1) is 0 Å². The predicted octanol–water partition coefficient (Wildman–Crippen LogP) is 1.48. The molecule has 94 valence electrons. The Morgan fingerprint density at radius 1 is 1.28 bits per heavy atom. The molecule has 0 fully saturated rings. The summed E-state index contributed by atoms with van der Waals surface area (Å²) in [5.41, 5.74) is -0.493. The smallest absolute Gasteiger partial charge is 0.311 e. The van der Waals surface area contributed by atoms with Gasteiger partial charge in [-0.25, -0.2) is 4.79 Å². The normalized spacial score (nSPS) is 12.3. The Kier molecular flexibility index (Phi) is 3.41. The molecular weight excluding hydrogens is 235 g/mol. The Morgan fingerprint density at radius 3 is 2.61 bits per heavy atom. The third-order valence-electron chi connectivity index (χ3n) is 2.78. The van der Waals surface area contributed by atoms with Gasteiger partial charge in [-0.1, -0.05) is 30.3 Å². The van der Waals surface area contributed by atoms with Crippen molar-refractivity contribution in [3.8, 4) is 0 Å². The van der Waals surface area contributed by atoms with Crippen LogP contribution in [0, 0.1) is 5.82 Å². The summed E-state index contributed by atoms with van der Waals surface area (Å²) in [5, 5.41) is 0. The fourth-order valence-corrected chi connectivity index (χ4v) is 1.91. The quantitative estimate of drug-likeness (QED) is 0.894. The van der Waals surface area contributed by atoms with Crippen LogP contribution in [0.5, 0.6) is 0 Å². The molecular formula is C13H13FN2O2. The van der Waals surface area contributed by atoms with Gasteiger partial charge in [-0.15, -0.1) is 0 Å². The van der Waals surface area contributed by atoms with Crippen molar-refractivity contribution in [3.63, 3.8) is 0 Å². The van der Waals surface area contributed by atoms with Crippen molar-refractivity contribution in [2.75, 3.05) is 0 Å². The van der Waals surface area contributed by atoms with Crippen LogP contribution in [0.4, 0.5) is 4.39 Å². The molecule has 2 rings (SSSR count). The highest BCUT2D eigenvalue weighted by Gasteiger charge is 2.13. The summed E-state index contributed by atoms with van der Waals surface area (Å²) in [7, 11) is 0. The summed E-state index contributed by atoms with van der Waals surface area (Å²) in [6, 6.07) is 9.03. The van der Waals surface area contributed by atoms with Gasteiger partial charge >= 0.3 is 5.69 Å². The van der Waals surface area contributed by atoms with Gasteiger partial charge in [0, 0.05) is 12.2 Å². The molecule has 4 nitrogen and oxygen atoms in total. The molecule has 5 heteroatoms. The molecule has 1 aromatic carbocycles. The molecule has 0 saturated carbocycles. The Morgan fingerprint density at radius 2 is 1.94 bits per heavy atom. The summed E-state index contributed by atoms with van der Waals surface area (Å²) in [4.78, 5) is 25.4. The summed E-state index contributed by atoms with van der Waals surface area (Å²) in [5.74, 6) is -0.950. The molecule has 1 heterocycles. The Bertz CT molecular complexity index is 646. The number of aromatic amines is 1. The van der Waals surface area contributed by atoms with Gasteiger partial charge in [0.2, 0.25) is 5.82 Å². The van der Waals surface area contributed by atoms with Crippen LogP contribution in [0.15, 0.2) is 46.1 Å². The van der Waals surface area contributed by atoms with Crippen molar-refractivity contribution in [3.05, 3.63) is 68.7 Å². The molecule has 1 N–H and O–H groups in total. The molecule has 18 heavy (non-hydrogen) atoms. The first-order valence-corrected chi connectivity index (χ1v) is 5.63. The SMILES string of the molecule is CC(Cc1ccccc1)n1c(=O)[nH]cc(F)c1=O. The van der Waals surface area contributed by atoms with Crippen LogP contribution in [-0.2, 0) is 6.42 Å². The lowest BCUT2D eigenvalue weighted by molar-refractivity contribution is 0.468. The summed E-state index contributed by atoms with van der Waals surface area (Å²) in [6.07, 6.45) is 1.28. The van der Waals surface area contributed by atoms with Crippen LogP contribution in [0.3, 0.4) is 0 Å². The van der Waals surface area contributed by atoms with Crippen molar-refractivity contribution in [2.24, 2.45) is 0 Å². The predicted molar refractivity (Wildman–Crippen MR) is 66.1 cm³/mol. The van der Waals surface area contributed by atoms with Gasteiger partial charge in [0.25, 0.3) is 5.56 Å². The van der Waals surface area contributed by atoms with Gasteiger partial charge in [0.1, 0.15) is 0 Å². The monoisotopic (exact) mass is 248 g/mol. The van der Waals surface area contributed by atoms with E-state index in [0.717, 1.165) is 16.3 Å². The Labute approximate surface area is 103 Å². The first kappa shape index (κ1) is 12.3. The van der Waals surface area contributed by atoms with Crippen LogP contribution >= 0.6 is 0 Å². The van der Waals surface area contributed by atoms with E-state index in [4.69, 9.17) is 0 Å². The number of aromatic nitrogens is 2. The molecule has 0 radical (unpaired) electrons. The second-order valence-electron chi connectivity index (χ2n) is 4.16. The minimum absolute atomic E-state index is 0.403. The number of hydrogen-bond acceptors (Lipinski definition) is 2. The third kappa shape index (κ3) is 2.40. The van der Waals surface area contributed by atoms with E-state index in [-0.39, 0.29) is 0 Å². The number of H-pyrrole nitrogens is 1. The molecule has 1 aromatic heterocycles. The van der Waals surface area contributed by atoms with Crippen molar-refractivity contribution in [2.45, 2.75) is 19.4 Å². The fourth-order valence-electron chi connectivity index (χ4n) is 1.91. The zero-order valence-corrected chi connectivity index (χ0v) is 9.89. The third-order valence-corrected chi connectivity index (χ3v) is 2.78. The van der Waals surface area contributed by atoms with Crippen LogP contribution in [0.1, 0.15) is 18.5 Å². The molecule has 1 atom stereocenters. The minimum atomic E-state index is -0.950. The zero-order valence-electron chi connectivity index (χ0n) is 9.89. The van der Waals surface area contributed by atoms with Gasteiger partial charge in [-0.2, -0.15) is 4.39 Å². The zero-order chi connectivity index (χ0) is 13.1.